The molecule has 1 fully saturated rings. The summed E-state index contributed by atoms with van der Waals surface area (Å²) < 4.78 is 2.16. The number of pyridine rings is 1. The van der Waals surface area contributed by atoms with E-state index >= 15 is 0 Å². The summed E-state index contributed by atoms with van der Waals surface area (Å²) >= 11 is 1.37. The Labute approximate surface area is 174 Å². The number of nitrogens with one attached hydrogen (secondary N) is 1. The van der Waals surface area contributed by atoms with Crippen molar-refractivity contribution in [1.82, 2.24) is 14.9 Å². The fourth-order valence-corrected chi connectivity index (χ4v) is 4.20. The summed E-state index contributed by atoms with van der Waals surface area (Å²) in [5.74, 6) is -0.118. The summed E-state index contributed by atoms with van der Waals surface area (Å²) in [5.41, 5.74) is 6.36. The van der Waals surface area contributed by atoms with E-state index in [1.54, 1.807) is 12.4 Å². The van der Waals surface area contributed by atoms with E-state index in [2.05, 4.69) is 58.8 Å². The Bertz CT molecular complexity index is 1110. The number of aromatic nitrogens is 2. The van der Waals surface area contributed by atoms with Gasteiger partial charge in [0.05, 0.1) is 10.6 Å². The molecule has 1 saturated heterocycles. The molecule has 4 rings (SSSR count). The van der Waals surface area contributed by atoms with Crippen LogP contribution in [0.2, 0.25) is 0 Å². The van der Waals surface area contributed by atoms with E-state index in [0.29, 0.717) is 10.1 Å². The van der Waals surface area contributed by atoms with Gasteiger partial charge in [-0.2, -0.15) is 0 Å². The predicted molar refractivity (Wildman–Crippen MR) is 120 cm³/mol. The van der Waals surface area contributed by atoms with Crippen molar-refractivity contribution in [2.45, 2.75) is 27.2 Å². The maximum Gasteiger partial charge on any atom is 0.264 e. The highest BCUT2D eigenvalue weighted by molar-refractivity contribution is 8.18. The largest absolute Gasteiger partial charge is 0.318 e. The second-order valence-electron chi connectivity index (χ2n) is 6.87. The van der Waals surface area contributed by atoms with E-state index in [9.17, 15) is 4.79 Å². The Morgan fingerprint density at radius 3 is 2.55 bits per heavy atom. The van der Waals surface area contributed by atoms with Crippen molar-refractivity contribution in [1.29, 1.82) is 0 Å². The number of rotatable bonds is 4. The Balaban J connectivity index is 1.60. The van der Waals surface area contributed by atoms with Crippen molar-refractivity contribution < 1.29 is 4.79 Å². The smallest absolute Gasteiger partial charge is 0.264 e. The van der Waals surface area contributed by atoms with Crippen LogP contribution in [0.1, 0.15) is 29.4 Å². The number of carbonyl (C=O) groups excluding carboxylic acids is 1. The summed E-state index contributed by atoms with van der Waals surface area (Å²) in [5, 5.41) is 3.47. The molecule has 1 aliphatic rings. The van der Waals surface area contributed by atoms with Crippen molar-refractivity contribution in [3.63, 3.8) is 0 Å². The number of thioether (sulfide) groups is 1. The fraction of sp³-hybridized carbons (Fsp3) is 0.174. The Morgan fingerprint density at radius 1 is 1.14 bits per heavy atom. The number of amides is 1. The minimum atomic E-state index is -0.118. The molecule has 146 valence electrons. The molecule has 0 saturated carbocycles. The summed E-state index contributed by atoms with van der Waals surface area (Å²) in [4.78, 5) is 21.8. The minimum Gasteiger partial charge on any atom is -0.318 e. The van der Waals surface area contributed by atoms with Gasteiger partial charge in [0.1, 0.15) is 0 Å². The minimum absolute atomic E-state index is 0.118. The number of aryl methyl sites for hydroxylation is 2. The number of hydrogen-bond donors (Lipinski definition) is 1. The first-order valence-electron chi connectivity index (χ1n) is 9.53. The van der Waals surface area contributed by atoms with Gasteiger partial charge in [-0.15, -0.1) is 0 Å². The van der Waals surface area contributed by atoms with Gasteiger partial charge in [-0.3, -0.25) is 9.78 Å². The average Bonchev–Trinajstić information content (AvgIpc) is 3.21. The van der Waals surface area contributed by atoms with Crippen LogP contribution < -0.4 is 5.32 Å². The molecule has 1 N–H and O–H groups in total. The molecule has 1 amide bonds. The highest BCUT2D eigenvalue weighted by Crippen LogP contribution is 2.30. The first-order valence-corrected chi connectivity index (χ1v) is 10.3. The van der Waals surface area contributed by atoms with Crippen LogP contribution >= 0.6 is 11.8 Å². The maximum absolute atomic E-state index is 12.5. The molecule has 0 aliphatic carbocycles. The normalized spacial score (nSPS) is 16.6. The highest BCUT2D eigenvalue weighted by atomic mass is 32.2. The van der Waals surface area contributed by atoms with Gasteiger partial charge in [0.2, 0.25) is 0 Å². The molecule has 29 heavy (non-hydrogen) atoms. The monoisotopic (exact) mass is 402 g/mol. The SMILES string of the molecule is CCc1ccc(N=C2NC(=O)/C(=C\c3cc(C)n(-c4ccncc4)c3C)S2)cc1. The molecule has 6 heteroatoms. The molecule has 0 spiro atoms. The van der Waals surface area contributed by atoms with Crippen LogP contribution in [-0.4, -0.2) is 20.6 Å². The lowest BCUT2D eigenvalue weighted by Crippen LogP contribution is -2.19. The van der Waals surface area contributed by atoms with E-state index in [1.807, 2.05) is 30.3 Å². The van der Waals surface area contributed by atoms with Gasteiger partial charge < -0.3 is 9.88 Å². The molecule has 3 heterocycles. The highest BCUT2D eigenvalue weighted by Gasteiger charge is 2.24. The number of benzene rings is 1. The number of carbonyl (C=O) groups is 1. The zero-order valence-electron chi connectivity index (χ0n) is 16.6. The van der Waals surface area contributed by atoms with Crippen LogP contribution in [-0.2, 0) is 11.2 Å². The quantitative estimate of drug-likeness (QED) is 0.629. The molecule has 0 unspecified atom stereocenters. The fourth-order valence-electron chi connectivity index (χ4n) is 3.37. The van der Waals surface area contributed by atoms with Gasteiger partial charge in [0, 0.05) is 29.5 Å². The molecule has 0 bridgehead atoms. The maximum atomic E-state index is 12.5. The number of aliphatic imine (C=N–C) groups is 1. The van der Waals surface area contributed by atoms with E-state index in [-0.39, 0.29) is 5.91 Å². The molecular weight excluding hydrogens is 380 g/mol. The first-order chi connectivity index (χ1) is 14.0. The number of hydrogen-bond acceptors (Lipinski definition) is 4. The third kappa shape index (κ3) is 4.03. The zero-order valence-corrected chi connectivity index (χ0v) is 17.5. The molecule has 2 aromatic heterocycles. The molecular formula is C23H22N4OS. The van der Waals surface area contributed by atoms with Crippen LogP contribution in [0.25, 0.3) is 11.8 Å². The van der Waals surface area contributed by atoms with Crippen LogP contribution in [0, 0.1) is 13.8 Å². The Morgan fingerprint density at radius 2 is 1.86 bits per heavy atom. The standard InChI is InChI=1S/C23H22N4OS/c1-4-17-5-7-19(8-6-17)25-23-26-22(28)21(29-23)14-18-13-15(2)27(16(18)3)20-9-11-24-12-10-20/h5-14H,4H2,1-3H3,(H,25,26,28)/b21-14+. The van der Waals surface area contributed by atoms with E-state index in [1.165, 1.54) is 17.3 Å². The molecule has 3 aromatic rings. The lowest BCUT2D eigenvalue weighted by molar-refractivity contribution is -0.115. The molecule has 0 radical (unpaired) electrons. The van der Waals surface area contributed by atoms with E-state index < -0.39 is 0 Å². The average molecular weight is 403 g/mol. The van der Waals surface area contributed by atoms with Crippen molar-refractivity contribution in [3.05, 3.63) is 82.3 Å². The summed E-state index contributed by atoms with van der Waals surface area (Å²) in [6, 6.07) is 14.1. The Hall–Kier alpha value is -3.12. The van der Waals surface area contributed by atoms with Crippen LogP contribution in [0.4, 0.5) is 5.69 Å². The van der Waals surface area contributed by atoms with Crippen molar-refractivity contribution in [2.75, 3.05) is 0 Å². The third-order valence-electron chi connectivity index (χ3n) is 4.90. The van der Waals surface area contributed by atoms with Crippen molar-refractivity contribution >= 4 is 34.6 Å². The van der Waals surface area contributed by atoms with Gasteiger partial charge >= 0.3 is 0 Å². The van der Waals surface area contributed by atoms with Crippen molar-refractivity contribution in [2.24, 2.45) is 4.99 Å². The number of amidine groups is 1. The van der Waals surface area contributed by atoms with Gasteiger partial charge in [0.15, 0.2) is 5.17 Å². The lowest BCUT2D eigenvalue weighted by Gasteiger charge is -2.08. The second-order valence-corrected chi connectivity index (χ2v) is 7.90. The van der Waals surface area contributed by atoms with Crippen LogP contribution in [0.5, 0.6) is 0 Å². The van der Waals surface area contributed by atoms with Crippen molar-refractivity contribution in [3.8, 4) is 5.69 Å². The summed E-state index contributed by atoms with van der Waals surface area (Å²) in [7, 11) is 0. The van der Waals surface area contributed by atoms with Crippen LogP contribution in [0.3, 0.4) is 0 Å². The first kappa shape index (κ1) is 19.2. The molecule has 1 aromatic carbocycles. The van der Waals surface area contributed by atoms with Gasteiger partial charge in [-0.25, -0.2) is 4.99 Å². The third-order valence-corrected chi connectivity index (χ3v) is 5.81. The topological polar surface area (TPSA) is 59.3 Å². The lowest BCUT2D eigenvalue weighted by atomic mass is 10.2. The van der Waals surface area contributed by atoms with Crippen LogP contribution in [0.15, 0.2) is 64.8 Å². The van der Waals surface area contributed by atoms with Gasteiger partial charge in [0.25, 0.3) is 5.91 Å². The van der Waals surface area contributed by atoms with E-state index in [4.69, 9.17) is 0 Å². The summed E-state index contributed by atoms with van der Waals surface area (Å²) in [6.07, 6.45) is 6.49. The predicted octanol–water partition coefficient (Wildman–Crippen LogP) is 4.94. The second kappa shape index (κ2) is 8.09. The number of nitrogens with zero attached hydrogens (tertiary/aromatic N) is 3. The van der Waals surface area contributed by atoms with E-state index in [0.717, 1.165) is 34.7 Å². The van der Waals surface area contributed by atoms with Gasteiger partial charge in [-0.05, 0) is 79.6 Å². The molecule has 5 nitrogen and oxygen atoms in total. The van der Waals surface area contributed by atoms with Gasteiger partial charge in [-0.1, -0.05) is 19.1 Å². The Kier molecular flexibility index (Phi) is 5.36. The summed E-state index contributed by atoms with van der Waals surface area (Å²) in [6.45, 7) is 6.24. The molecule has 1 aliphatic heterocycles. The molecule has 0 atom stereocenters. The zero-order chi connectivity index (χ0) is 20.4.